The molecule has 1 saturated carbocycles. The Morgan fingerprint density at radius 3 is 2.08 bits per heavy atom. The van der Waals surface area contributed by atoms with Crippen molar-refractivity contribution in [2.75, 3.05) is 0 Å². The van der Waals surface area contributed by atoms with Gasteiger partial charge in [0.2, 0.25) is 0 Å². The summed E-state index contributed by atoms with van der Waals surface area (Å²) in [5, 5.41) is 0. The molecular formula is C23H29N3. The van der Waals surface area contributed by atoms with Gasteiger partial charge in [-0.3, -0.25) is 9.98 Å². The molecule has 0 N–H and O–H groups in total. The molecule has 3 nitrogen and oxygen atoms in total. The highest BCUT2D eigenvalue weighted by Crippen LogP contribution is 2.24. The van der Waals surface area contributed by atoms with E-state index in [0.29, 0.717) is 6.04 Å². The number of aliphatic imine (C=N–C) groups is 2. The Hall–Kier alpha value is -2.29. The molecule has 1 fully saturated rings. The largest absolute Gasteiger partial charge is 0.284 e. The smallest absolute Gasteiger partial charge is 0.0849 e. The van der Waals surface area contributed by atoms with Gasteiger partial charge < -0.3 is 0 Å². The first-order valence-corrected chi connectivity index (χ1v) is 9.68. The number of rotatable bonds is 4. The van der Waals surface area contributed by atoms with E-state index in [1.807, 2.05) is 13.0 Å². The Morgan fingerprint density at radius 1 is 0.846 bits per heavy atom. The Bertz CT molecular complexity index is 807. The van der Waals surface area contributed by atoms with Crippen LogP contribution in [0.2, 0.25) is 0 Å². The average molecular weight is 348 g/mol. The minimum atomic E-state index is 0.471. The monoisotopic (exact) mass is 347 g/mol. The van der Waals surface area contributed by atoms with Crippen LogP contribution in [0, 0.1) is 13.8 Å². The highest BCUT2D eigenvalue weighted by Gasteiger charge is 2.13. The van der Waals surface area contributed by atoms with E-state index in [4.69, 9.17) is 15.0 Å². The van der Waals surface area contributed by atoms with Gasteiger partial charge >= 0.3 is 0 Å². The zero-order valence-electron chi connectivity index (χ0n) is 16.4. The molecule has 0 unspecified atom stereocenters. The van der Waals surface area contributed by atoms with Crippen LogP contribution in [0.3, 0.4) is 0 Å². The van der Waals surface area contributed by atoms with Crippen molar-refractivity contribution in [2.45, 2.75) is 65.8 Å². The van der Waals surface area contributed by atoms with E-state index in [1.54, 1.807) is 0 Å². The van der Waals surface area contributed by atoms with E-state index < -0.39 is 0 Å². The molecule has 0 saturated heterocycles. The fourth-order valence-corrected chi connectivity index (χ4v) is 3.59. The lowest BCUT2D eigenvalue weighted by Crippen LogP contribution is -2.13. The number of hydrogen-bond donors (Lipinski definition) is 0. The lowest BCUT2D eigenvalue weighted by Gasteiger charge is -2.18. The molecule has 0 bridgehead atoms. The Labute approximate surface area is 157 Å². The van der Waals surface area contributed by atoms with Crippen LogP contribution < -0.4 is 0 Å². The van der Waals surface area contributed by atoms with Gasteiger partial charge in [0.1, 0.15) is 0 Å². The van der Waals surface area contributed by atoms with Crippen LogP contribution in [0.4, 0.5) is 5.69 Å². The lowest BCUT2D eigenvalue weighted by molar-refractivity contribution is 0.443. The summed E-state index contributed by atoms with van der Waals surface area (Å²) in [5.74, 6) is 0. The fourth-order valence-electron chi connectivity index (χ4n) is 3.59. The third-order valence-corrected chi connectivity index (χ3v) is 5.16. The topological polar surface area (TPSA) is 37.6 Å². The zero-order valence-corrected chi connectivity index (χ0v) is 16.4. The van der Waals surface area contributed by atoms with Crippen LogP contribution in [0.25, 0.3) is 0 Å². The molecule has 3 heteroatoms. The molecule has 3 rings (SSSR count). The summed E-state index contributed by atoms with van der Waals surface area (Å²) in [5.41, 5.74) is 7.29. The Balaban J connectivity index is 1.86. The maximum absolute atomic E-state index is 4.93. The number of benzene rings is 1. The fraction of sp³-hybridized carbons (Fsp3) is 0.435. The van der Waals surface area contributed by atoms with Gasteiger partial charge in [-0.05, 0) is 63.8 Å². The first-order valence-electron chi connectivity index (χ1n) is 9.68. The van der Waals surface area contributed by atoms with Crippen molar-refractivity contribution in [1.82, 2.24) is 4.98 Å². The van der Waals surface area contributed by atoms with Crippen molar-refractivity contribution in [3.63, 3.8) is 0 Å². The number of aromatic nitrogens is 1. The summed E-state index contributed by atoms with van der Waals surface area (Å²) in [6.45, 7) is 8.32. The van der Waals surface area contributed by atoms with Crippen LogP contribution in [-0.2, 0) is 0 Å². The van der Waals surface area contributed by atoms with Gasteiger partial charge in [0.15, 0.2) is 0 Å². The van der Waals surface area contributed by atoms with Crippen LogP contribution >= 0.6 is 0 Å². The molecule has 1 aliphatic rings. The minimum absolute atomic E-state index is 0.471. The zero-order chi connectivity index (χ0) is 18.5. The summed E-state index contributed by atoms with van der Waals surface area (Å²) < 4.78 is 0. The van der Waals surface area contributed by atoms with Crippen LogP contribution in [0.1, 0.15) is 68.5 Å². The van der Waals surface area contributed by atoms with E-state index in [-0.39, 0.29) is 0 Å². The van der Waals surface area contributed by atoms with Gasteiger partial charge in [0.25, 0.3) is 0 Å². The molecule has 2 aromatic rings. The van der Waals surface area contributed by atoms with Gasteiger partial charge in [-0.15, -0.1) is 0 Å². The van der Waals surface area contributed by atoms with Gasteiger partial charge in [0.05, 0.1) is 34.5 Å². The first kappa shape index (κ1) is 18.5. The summed E-state index contributed by atoms with van der Waals surface area (Å²) in [6, 6.07) is 12.9. The number of aryl methyl sites for hydroxylation is 2. The van der Waals surface area contributed by atoms with Gasteiger partial charge in [-0.1, -0.05) is 43.5 Å². The highest BCUT2D eigenvalue weighted by atomic mass is 14.9. The molecule has 136 valence electrons. The third-order valence-electron chi connectivity index (χ3n) is 5.16. The molecule has 0 radical (unpaired) electrons. The summed E-state index contributed by atoms with van der Waals surface area (Å²) in [7, 11) is 0. The summed E-state index contributed by atoms with van der Waals surface area (Å²) >= 11 is 0. The molecule has 0 amide bonds. The molecule has 26 heavy (non-hydrogen) atoms. The maximum atomic E-state index is 4.93. The molecule has 1 heterocycles. The molecular weight excluding hydrogens is 318 g/mol. The SMILES string of the molecule is CC(=Nc1c(C)cccc1C)c1cccc(C(C)=NC2CCCCC2)n1. The normalized spacial score (nSPS) is 16.8. The minimum Gasteiger partial charge on any atom is -0.284 e. The molecule has 1 aliphatic carbocycles. The molecule has 1 aromatic carbocycles. The number of hydrogen-bond acceptors (Lipinski definition) is 3. The van der Waals surface area contributed by atoms with Crippen LogP contribution in [0.15, 0.2) is 46.4 Å². The number of nitrogens with zero attached hydrogens (tertiary/aromatic N) is 3. The maximum Gasteiger partial charge on any atom is 0.0849 e. The number of pyridine rings is 1. The van der Waals surface area contributed by atoms with E-state index in [2.05, 4.69) is 51.1 Å². The quantitative estimate of drug-likeness (QED) is 0.627. The predicted molar refractivity (Wildman–Crippen MR) is 111 cm³/mol. The van der Waals surface area contributed by atoms with Crippen molar-refractivity contribution in [2.24, 2.45) is 9.98 Å². The van der Waals surface area contributed by atoms with Crippen molar-refractivity contribution in [3.8, 4) is 0 Å². The molecule has 1 aromatic heterocycles. The van der Waals surface area contributed by atoms with Crippen molar-refractivity contribution >= 4 is 17.1 Å². The van der Waals surface area contributed by atoms with Crippen LogP contribution in [-0.4, -0.2) is 22.4 Å². The standard InChI is InChI=1S/C23H29N3/c1-16-10-8-11-17(2)23(16)25-19(4)22-15-9-14-21(26-22)18(3)24-20-12-6-5-7-13-20/h8-11,14-15,20H,5-7,12-13H2,1-4H3. The second-order valence-electron chi connectivity index (χ2n) is 7.35. The van der Waals surface area contributed by atoms with E-state index in [1.165, 1.54) is 43.2 Å². The first-order chi connectivity index (χ1) is 12.5. The van der Waals surface area contributed by atoms with Crippen molar-refractivity contribution in [1.29, 1.82) is 0 Å². The van der Waals surface area contributed by atoms with Gasteiger partial charge in [0, 0.05) is 0 Å². The third kappa shape index (κ3) is 4.46. The Morgan fingerprint density at radius 2 is 1.42 bits per heavy atom. The summed E-state index contributed by atoms with van der Waals surface area (Å²) in [4.78, 5) is 14.6. The van der Waals surface area contributed by atoms with E-state index in [0.717, 1.165) is 28.5 Å². The summed E-state index contributed by atoms with van der Waals surface area (Å²) in [6.07, 6.45) is 6.38. The van der Waals surface area contributed by atoms with E-state index >= 15 is 0 Å². The molecule has 0 aliphatic heterocycles. The molecule has 0 atom stereocenters. The highest BCUT2D eigenvalue weighted by molar-refractivity contribution is 6.01. The van der Waals surface area contributed by atoms with E-state index in [9.17, 15) is 0 Å². The molecule has 0 spiro atoms. The predicted octanol–water partition coefficient (Wildman–Crippen LogP) is 5.98. The van der Waals surface area contributed by atoms with Crippen LogP contribution in [0.5, 0.6) is 0 Å². The van der Waals surface area contributed by atoms with Gasteiger partial charge in [-0.2, -0.15) is 0 Å². The van der Waals surface area contributed by atoms with Crippen molar-refractivity contribution in [3.05, 3.63) is 58.9 Å². The Kier molecular flexibility index (Phi) is 5.97. The number of para-hydroxylation sites is 1. The second-order valence-corrected chi connectivity index (χ2v) is 7.35. The second kappa shape index (κ2) is 8.39. The lowest BCUT2D eigenvalue weighted by atomic mass is 9.96. The van der Waals surface area contributed by atoms with Crippen molar-refractivity contribution < 1.29 is 0 Å². The average Bonchev–Trinajstić information content (AvgIpc) is 2.65. The van der Waals surface area contributed by atoms with Gasteiger partial charge in [-0.25, -0.2) is 4.98 Å².